The highest BCUT2D eigenvalue weighted by molar-refractivity contribution is 5.35. The molecule has 4 heteroatoms. The van der Waals surface area contributed by atoms with E-state index in [1.165, 1.54) is 0 Å². The van der Waals surface area contributed by atoms with Crippen LogP contribution in [0.25, 0.3) is 0 Å². The summed E-state index contributed by atoms with van der Waals surface area (Å²) in [5.74, 6) is 1.53. The van der Waals surface area contributed by atoms with Gasteiger partial charge in [-0.25, -0.2) is 13.2 Å². The molecule has 0 saturated carbocycles. The predicted molar refractivity (Wildman–Crippen MR) is 61.0 cm³/mol. The summed E-state index contributed by atoms with van der Waals surface area (Å²) in [6.07, 6.45) is 0. The topological polar surface area (TPSA) is 3.24 Å². The summed E-state index contributed by atoms with van der Waals surface area (Å²) in [5, 5.41) is 0. The quantitative estimate of drug-likeness (QED) is 0.581. The third-order valence-corrected chi connectivity index (χ3v) is 2.41. The van der Waals surface area contributed by atoms with E-state index in [-0.39, 0.29) is 5.56 Å². The Bertz CT molecular complexity index is 419. The van der Waals surface area contributed by atoms with E-state index in [4.69, 9.17) is 0 Å². The third kappa shape index (κ3) is 3.79. The molecular formula is C13H14F3N. The van der Waals surface area contributed by atoms with Crippen LogP contribution < -0.4 is 0 Å². The average Bonchev–Trinajstić information content (AvgIpc) is 2.31. The normalized spacial score (nSPS) is 10.2. The predicted octanol–water partition coefficient (Wildman–Crippen LogP) is 2.80. The first-order valence-electron chi connectivity index (χ1n) is 5.44. The van der Waals surface area contributed by atoms with Gasteiger partial charge in [-0.2, -0.15) is 0 Å². The molecule has 0 bridgehead atoms. The second-order valence-corrected chi connectivity index (χ2v) is 3.52. The maximum absolute atomic E-state index is 12.9. The Morgan fingerprint density at radius 1 is 1.06 bits per heavy atom. The van der Waals surface area contributed by atoms with Gasteiger partial charge in [-0.15, -0.1) is 0 Å². The molecule has 1 aromatic carbocycles. The van der Waals surface area contributed by atoms with Gasteiger partial charge < -0.3 is 0 Å². The molecule has 1 nitrogen and oxygen atoms in total. The minimum Gasteiger partial charge on any atom is -0.293 e. The molecule has 0 atom stereocenters. The van der Waals surface area contributed by atoms with Crippen LogP contribution in [-0.2, 0) is 0 Å². The molecule has 0 radical (unpaired) electrons. The summed E-state index contributed by atoms with van der Waals surface area (Å²) in [6, 6.07) is 1.79. The lowest BCUT2D eigenvalue weighted by molar-refractivity contribution is 0.342. The summed E-state index contributed by atoms with van der Waals surface area (Å²) in [5.41, 5.74) is 0.147. The van der Waals surface area contributed by atoms with E-state index in [1.807, 2.05) is 13.8 Å². The van der Waals surface area contributed by atoms with Gasteiger partial charge in [0.05, 0.1) is 6.54 Å². The molecule has 0 saturated heterocycles. The van der Waals surface area contributed by atoms with E-state index in [2.05, 4.69) is 16.7 Å². The fraction of sp³-hybridized carbons (Fsp3) is 0.385. The van der Waals surface area contributed by atoms with Gasteiger partial charge in [0.15, 0.2) is 17.5 Å². The molecule has 0 unspecified atom stereocenters. The van der Waals surface area contributed by atoms with Crippen molar-refractivity contribution in [1.82, 2.24) is 4.90 Å². The zero-order chi connectivity index (χ0) is 12.8. The Morgan fingerprint density at radius 2 is 1.59 bits per heavy atom. The zero-order valence-electron chi connectivity index (χ0n) is 9.86. The molecule has 1 rings (SSSR count). The van der Waals surface area contributed by atoms with Crippen molar-refractivity contribution in [3.05, 3.63) is 35.1 Å². The number of hydrogen-bond acceptors (Lipinski definition) is 1. The molecule has 0 spiro atoms. The Hall–Kier alpha value is -1.47. The van der Waals surface area contributed by atoms with Gasteiger partial charge in [0.25, 0.3) is 0 Å². The van der Waals surface area contributed by atoms with Crippen LogP contribution >= 0.6 is 0 Å². The van der Waals surface area contributed by atoms with Gasteiger partial charge in [0, 0.05) is 5.56 Å². The van der Waals surface area contributed by atoms with Crippen LogP contribution in [0.3, 0.4) is 0 Å². The lowest BCUT2D eigenvalue weighted by atomic mass is 10.2. The second kappa shape index (κ2) is 6.31. The van der Waals surface area contributed by atoms with Crippen LogP contribution in [0, 0.1) is 29.3 Å². The largest absolute Gasteiger partial charge is 0.293 e. The van der Waals surface area contributed by atoms with Crippen molar-refractivity contribution in [2.75, 3.05) is 19.6 Å². The van der Waals surface area contributed by atoms with Gasteiger partial charge >= 0.3 is 0 Å². The minimum absolute atomic E-state index is 0.147. The Morgan fingerprint density at radius 3 is 2.06 bits per heavy atom. The summed E-state index contributed by atoms with van der Waals surface area (Å²) < 4.78 is 38.4. The SMILES string of the molecule is CCN(CC)CC#Cc1cc(F)c(F)c(F)c1. The zero-order valence-corrected chi connectivity index (χ0v) is 9.86. The maximum atomic E-state index is 12.9. The van der Waals surface area contributed by atoms with E-state index in [9.17, 15) is 13.2 Å². The molecular weight excluding hydrogens is 227 g/mol. The van der Waals surface area contributed by atoms with E-state index >= 15 is 0 Å². The number of rotatable bonds is 3. The number of halogens is 3. The average molecular weight is 241 g/mol. The van der Waals surface area contributed by atoms with Gasteiger partial charge in [0.1, 0.15) is 0 Å². The van der Waals surface area contributed by atoms with Gasteiger partial charge in [-0.1, -0.05) is 25.7 Å². The van der Waals surface area contributed by atoms with Gasteiger partial charge in [-0.3, -0.25) is 4.90 Å². The highest BCUT2D eigenvalue weighted by Crippen LogP contribution is 2.12. The van der Waals surface area contributed by atoms with Crippen molar-refractivity contribution >= 4 is 0 Å². The van der Waals surface area contributed by atoms with Gasteiger partial charge in [0.2, 0.25) is 0 Å². The molecule has 0 aromatic heterocycles. The molecule has 0 heterocycles. The summed E-state index contributed by atoms with van der Waals surface area (Å²) in [4.78, 5) is 2.06. The number of nitrogens with zero attached hydrogens (tertiary/aromatic N) is 1. The number of hydrogen-bond donors (Lipinski definition) is 0. The van der Waals surface area contributed by atoms with Crippen LogP contribution in [0.15, 0.2) is 12.1 Å². The van der Waals surface area contributed by atoms with Crippen LogP contribution in [0.1, 0.15) is 19.4 Å². The molecule has 0 aliphatic rings. The van der Waals surface area contributed by atoms with Crippen molar-refractivity contribution < 1.29 is 13.2 Å². The Kier molecular flexibility index (Phi) is 5.05. The fourth-order valence-corrected chi connectivity index (χ4v) is 1.33. The summed E-state index contributed by atoms with van der Waals surface area (Å²) in [6.45, 7) is 6.24. The molecule has 0 N–H and O–H groups in total. The first-order valence-corrected chi connectivity index (χ1v) is 5.44. The first kappa shape index (κ1) is 13.6. The summed E-state index contributed by atoms with van der Waals surface area (Å²) in [7, 11) is 0. The molecule has 1 aromatic rings. The fourth-order valence-electron chi connectivity index (χ4n) is 1.33. The molecule has 17 heavy (non-hydrogen) atoms. The summed E-state index contributed by atoms with van der Waals surface area (Å²) >= 11 is 0. The molecule has 92 valence electrons. The molecule has 0 fully saturated rings. The van der Waals surface area contributed by atoms with E-state index in [0.29, 0.717) is 6.54 Å². The van der Waals surface area contributed by atoms with Crippen molar-refractivity contribution in [3.8, 4) is 11.8 Å². The smallest absolute Gasteiger partial charge is 0.194 e. The lowest BCUT2D eigenvalue weighted by Crippen LogP contribution is -2.22. The lowest BCUT2D eigenvalue weighted by Gasteiger charge is -2.13. The van der Waals surface area contributed by atoms with Crippen LogP contribution in [0.5, 0.6) is 0 Å². The van der Waals surface area contributed by atoms with Crippen LogP contribution in [-0.4, -0.2) is 24.5 Å². The van der Waals surface area contributed by atoms with Crippen molar-refractivity contribution in [2.24, 2.45) is 0 Å². The van der Waals surface area contributed by atoms with E-state index in [1.54, 1.807) is 0 Å². The molecule has 0 aliphatic carbocycles. The highest BCUT2D eigenvalue weighted by Gasteiger charge is 2.08. The molecule has 0 amide bonds. The molecule has 0 aliphatic heterocycles. The Labute approximate surface area is 99.2 Å². The second-order valence-electron chi connectivity index (χ2n) is 3.52. The Balaban J connectivity index is 2.79. The van der Waals surface area contributed by atoms with Gasteiger partial charge in [-0.05, 0) is 25.2 Å². The van der Waals surface area contributed by atoms with Crippen molar-refractivity contribution in [1.29, 1.82) is 0 Å². The standard InChI is InChI=1S/C13H14F3N/c1-3-17(4-2)7-5-6-10-8-11(14)13(16)12(15)9-10/h8-9H,3-4,7H2,1-2H3. The van der Waals surface area contributed by atoms with Crippen LogP contribution in [0.2, 0.25) is 0 Å². The first-order chi connectivity index (χ1) is 8.08. The third-order valence-electron chi connectivity index (χ3n) is 2.41. The number of benzene rings is 1. The van der Waals surface area contributed by atoms with E-state index < -0.39 is 17.5 Å². The van der Waals surface area contributed by atoms with Crippen molar-refractivity contribution in [3.63, 3.8) is 0 Å². The highest BCUT2D eigenvalue weighted by atomic mass is 19.2. The van der Waals surface area contributed by atoms with Crippen molar-refractivity contribution in [2.45, 2.75) is 13.8 Å². The monoisotopic (exact) mass is 241 g/mol. The maximum Gasteiger partial charge on any atom is 0.194 e. The minimum atomic E-state index is -1.46. The van der Waals surface area contributed by atoms with E-state index in [0.717, 1.165) is 25.2 Å². The van der Waals surface area contributed by atoms with Crippen LogP contribution in [0.4, 0.5) is 13.2 Å².